The van der Waals surface area contributed by atoms with Crippen molar-refractivity contribution < 1.29 is 9.72 Å². The highest BCUT2D eigenvalue weighted by Crippen LogP contribution is 2.35. The molecule has 0 radical (unpaired) electrons. The largest absolute Gasteiger partial charge is 0.297 e. The second-order valence-electron chi connectivity index (χ2n) is 5.92. The van der Waals surface area contributed by atoms with Crippen LogP contribution in [0.5, 0.6) is 0 Å². The van der Waals surface area contributed by atoms with Crippen LogP contribution in [-0.4, -0.2) is 21.0 Å². The van der Waals surface area contributed by atoms with Gasteiger partial charge in [0, 0.05) is 18.1 Å². The summed E-state index contributed by atoms with van der Waals surface area (Å²) < 4.78 is 0. The first-order valence-electron chi connectivity index (χ1n) is 8.19. The SMILES string of the molecule is O=C(/C=C/c1ccccc1[N+](=O)[O-])Nc1nnc(C2CCCCC2)s1. The molecule has 1 fully saturated rings. The van der Waals surface area contributed by atoms with E-state index < -0.39 is 4.92 Å². The molecule has 0 saturated heterocycles. The second kappa shape index (κ2) is 7.98. The summed E-state index contributed by atoms with van der Waals surface area (Å²) in [6.07, 6.45) is 8.64. The fourth-order valence-electron chi connectivity index (χ4n) is 2.91. The van der Waals surface area contributed by atoms with E-state index >= 15 is 0 Å². The molecule has 0 bridgehead atoms. The third kappa shape index (κ3) is 4.48. The Morgan fingerprint density at radius 2 is 2.00 bits per heavy atom. The Morgan fingerprint density at radius 1 is 1.24 bits per heavy atom. The van der Waals surface area contributed by atoms with E-state index in [2.05, 4.69) is 15.5 Å². The highest BCUT2D eigenvalue weighted by Gasteiger charge is 2.20. The monoisotopic (exact) mass is 358 g/mol. The molecule has 0 atom stereocenters. The molecule has 1 saturated carbocycles. The number of aromatic nitrogens is 2. The van der Waals surface area contributed by atoms with Crippen LogP contribution in [0, 0.1) is 10.1 Å². The molecule has 130 valence electrons. The van der Waals surface area contributed by atoms with Crippen LogP contribution < -0.4 is 5.32 Å². The number of hydrogen-bond donors (Lipinski definition) is 1. The number of benzene rings is 1. The number of para-hydroxylation sites is 1. The third-order valence-electron chi connectivity index (χ3n) is 4.17. The molecule has 7 nitrogen and oxygen atoms in total. The maximum absolute atomic E-state index is 12.0. The van der Waals surface area contributed by atoms with Gasteiger partial charge in [0.15, 0.2) is 0 Å². The minimum absolute atomic E-state index is 0.0398. The zero-order valence-corrected chi connectivity index (χ0v) is 14.4. The second-order valence-corrected chi connectivity index (χ2v) is 6.93. The van der Waals surface area contributed by atoms with Crippen LogP contribution in [0.3, 0.4) is 0 Å². The van der Waals surface area contributed by atoms with E-state index in [1.165, 1.54) is 48.8 Å². The van der Waals surface area contributed by atoms with Crippen molar-refractivity contribution in [3.05, 3.63) is 51.0 Å². The van der Waals surface area contributed by atoms with E-state index in [-0.39, 0.29) is 11.6 Å². The van der Waals surface area contributed by atoms with E-state index in [0.717, 1.165) is 17.8 Å². The summed E-state index contributed by atoms with van der Waals surface area (Å²) >= 11 is 1.40. The highest BCUT2D eigenvalue weighted by molar-refractivity contribution is 7.15. The molecule has 1 heterocycles. The lowest BCUT2D eigenvalue weighted by Crippen LogP contribution is -2.07. The molecular formula is C17H18N4O3S. The van der Waals surface area contributed by atoms with Crippen molar-refractivity contribution in [2.75, 3.05) is 5.32 Å². The van der Waals surface area contributed by atoms with Gasteiger partial charge in [0.2, 0.25) is 11.0 Å². The highest BCUT2D eigenvalue weighted by atomic mass is 32.1. The Balaban J connectivity index is 1.63. The van der Waals surface area contributed by atoms with Crippen LogP contribution in [0.25, 0.3) is 6.08 Å². The molecule has 2 aromatic rings. The van der Waals surface area contributed by atoms with Gasteiger partial charge in [-0.05, 0) is 25.0 Å². The van der Waals surface area contributed by atoms with Crippen molar-refractivity contribution in [3.63, 3.8) is 0 Å². The molecule has 8 heteroatoms. The maximum Gasteiger partial charge on any atom is 0.276 e. The van der Waals surface area contributed by atoms with Crippen LogP contribution in [0.4, 0.5) is 10.8 Å². The third-order valence-corrected chi connectivity index (χ3v) is 5.17. The molecule has 3 rings (SSSR count). The van der Waals surface area contributed by atoms with Crippen LogP contribution >= 0.6 is 11.3 Å². The van der Waals surface area contributed by atoms with Gasteiger partial charge in [-0.15, -0.1) is 10.2 Å². The Morgan fingerprint density at radius 3 is 2.76 bits per heavy atom. The summed E-state index contributed by atoms with van der Waals surface area (Å²) in [5.41, 5.74) is 0.338. The normalized spacial score (nSPS) is 15.4. The van der Waals surface area contributed by atoms with E-state index in [9.17, 15) is 14.9 Å². The molecule has 1 aromatic heterocycles. The van der Waals surface area contributed by atoms with Gasteiger partial charge in [0.25, 0.3) is 5.69 Å². The Bertz CT molecular complexity index is 797. The van der Waals surface area contributed by atoms with Crippen LogP contribution in [-0.2, 0) is 4.79 Å². The number of carbonyl (C=O) groups is 1. The topological polar surface area (TPSA) is 98.0 Å². The van der Waals surface area contributed by atoms with Crippen molar-refractivity contribution in [2.45, 2.75) is 38.0 Å². The zero-order valence-electron chi connectivity index (χ0n) is 13.6. The quantitative estimate of drug-likeness (QED) is 0.492. The lowest BCUT2D eigenvalue weighted by Gasteiger charge is -2.18. The first kappa shape index (κ1) is 17.2. The van der Waals surface area contributed by atoms with E-state index in [0.29, 0.717) is 16.6 Å². The van der Waals surface area contributed by atoms with Crippen molar-refractivity contribution in [2.24, 2.45) is 0 Å². The van der Waals surface area contributed by atoms with Gasteiger partial charge in [-0.1, -0.05) is 42.7 Å². The molecule has 1 N–H and O–H groups in total. The molecule has 0 unspecified atom stereocenters. The van der Waals surface area contributed by atoms with Crippen molar-refractivity contribution in [1.29, 1.82) is 0 Å². The summed E-state index contributed by atoms with van der Waals surface area (Å²) in [6, 6.07) is 6.27. The molecule has 25 heavy (non-hydrogen) atoms. The lowest BCUT2D eigenvalue weighted by atomic mass is 9.90. The lowest BCUT2D eigenvalue weighted by molar-refractivity contribution is -0.385. The predicted octanol–water partition coefficient (Wildman–Crippen LogP) is 4.15. The minimum Gasteiger partial charge on any atom is -0.297 e. The van der Waals surface area contributed by atoms with Gasteiger partial charge < -0.3 is 0 Å². The zero-order chi connectivity index (χ0) is 17.6. The fraction of sp³-hybridized carbons (Fsp3) is 0.353. The molecule has 1 amide bonds. The molecular weight excluding hydrogens is 340 g/mol. The van der Waals surface area contributed by atoms with Crippen molar-refractivity contribution in [1.82, 2.24) is 10.2 Å². The first-order valence-corrected chi connectivity index (χ1v) is 9.01. The standard InChI is InChI=1S/C17H18N4O3S/c22-15(11-10-12-6-4-5-9-14(12)21(23)24)18-17-20-19-16(25-17)13-7-2-1-3-8-13/h4-6,9-11,13H,1-3,7-8H2,(H,18,20,22)/b11-10+. The van der Waals surface area contributed by atoms with Gasteiger partial charge in [0.05, 0.1) is 10.5 Å². The maximum atomic E-state index is 12.0. The number of rotatable bonds is 5. The number of nitrogens with zero attached hydrogens (tertiary/aromatic N) is 3. The van der Waals surface area contributed by atoms with Gasteiger partial charge >= 0.3 is 0 Å². The van der Waals surface area contributed by atoms with Crippen molar-refractivity contribution in [3.8, 4) is 0 Å². The summed E-state index contributed by atoms with van der Waals surface area (Å²) in [5, 5.41) is 23.3. The average Bonchev–Trinajstić information content (AvgIpc) is 3.09. The first-order chi connectivity index (χ1) is 12.1. The van der Waals surface area contributed by atoms with Gasteiger partial charge in [-0.3, -0.25) is 20.2 Å². The average molecular weight is 358 g/mol. The molecule has 1 aliphatic carbocycles. The number of carbonyl (C=O) groups excluding carboxylic acids is 1. The number of nitro benzene ring substituents is 1. The fourth-order valence-corrected chi connectivity index (χ4v) is 3.82. The summed E-state index contributed by atoms with van der Waals surface area (Å²) in [4.78, 5) is 22.5. The van der Waals surface area contributed by atoms with Crippen LogP contribution in [0.15, 0.2) is 30.3 Å². The van der Waals surface area contributed by atoms with Gasteiger partial charge in [0.1, 0.15) is 5.01 Å². The Kier molecular flexibility index (Phi) is 5.49. The van der Waals surface area contributed by atoms with Gasteiger partial charge in [-0.2, -0.15) is 0 Å². The summed E-state index contributed by atoms with van der Waals surface area (Å²) in [7, 11) is 0. The van der Waals surface area contributed by atoms with Gasteiger partial charge in [-0.25, -0.2) is 0 Å². The van der Waals surface area contributed by atoms with Crippen LogP contribution in [0.1, 0.15) is 48.6 Å². The number of nitro groups is 1. The molecule has 1 aliphatic rings. The smallest absolute Gasteiger partial charge is 0.276 e. The van der Waals surface area contributed by atoms with E-state index in [4.69, 9.17) is 0 Å². The molecule has 0 aliphatic heterocycles. The number of amides is 1. The summed E-state index contributed by atoms with van der Waals surface area (Å²) in [6.45, 7) is 0. The molecule has 1 aromatic carbocycles. The van der Waals surface area contributed by atoms with E-state index in [1.54, 1.807) is 18.2 Å². The minimum atomic E-state index is -0.473. The Hall–Kier alpha value is -2.61. The molecule has 0 spiro atoms. The number of anilines is 1. The number of hydrogen-bond acceptors (Lipinski definition) is 6. The predicted molar refractivity (Wildman–Crippen MR) is 96.5 cm³/mol. The Labute approximate surface area is 148 Å². The van der Waals surface area contributed by atoms with E-state index in [1.807, 2.05) is 0 Å². The number of nitrogens with one attached hydrogen (secondary N) is 1. The van der Waals surface area contributed by atoms with Crippen molar-refractivity contribution >= 4 is 34.1 Å². The van der Waals surface area contributed by atoms with Crippen LogP contribution in [0.2, 0.25) is 0 Å². The summed E-state index contributed by atoms with van der Waals surface area (Å²) in [5.74, 6) is 0.0592.